The van der Waals surface area contributed by atoms with Gasteiger partial charge >= 0.3 is 7.12 Å². The number of rotatable bonds is 3. The van der Waals surface area contributed by atoms with Crippen molar-refractivity contribution in [3.05, 3.63) is 29.3 Å². The number of hydrogen-bond acceptors (Lipinski definition) is 5. The first-order chi connectivity index (χ1) is 13.3. The van der Waals surface area contributed by atoms with Crippen molar-refractivity contribution >= 4 is 12.6 Å². The van der Waals surface area contributed by atoms with E-state index in [4.69, 9.17) is 14.0 Å². The monoisotopic (exact) mass is 384 g/mol. The molecule has 3 heterocycles. The lowest BCUT2D eigenvalue weighted by molar-refractivity contribution is -0.0798. The topological polar surface area (TPSA) is 34.2 Å². The van der Waals surface area contributed by atoms with Crippen molar-refractivity contribution in [1.29, 1.82) is 0 Å². The maximum atomic E-state index is 6.25. The van der Waals surface area contributed by atoms with Crippen molar-refractivity contribution in [2.75, 3.05) is 39.4 Å². The summed E-state index contributed by atoms with van der Waals surface area (Å²) in [6.07, 6.45) is 2.39. The summed E-state index contributed by atoms with van der Waals surface area (Å²) in [7, 11) is -0.261. The predicted molar refractivity (Wildman–Crippen MR) is 111 cm³/mol. The molecule has 5 nitrogen and oxygen atoms in total. The highest BCUT2D eigenvalue weighted by Gasteiger charge is 2.51. The molecule has 4 aliphatic rings. The zero-order chi connectivity index (χ0) is 19.5. The molecule has 3 saturated heterocycles. The van der Waals surface area contributed by atoms with E-state index in [-0.39, 0.29) is 18.3 Å². The minimum absolute atomic E-state index is 0.261. The average molecular weight is 384 g/mol. The van der Waals surface area contributed by atoms with Gasteiger partial charge in [0.2, 0.25) is 0 Å². The standard InChI is InChI=1S/C22H33BN2O3/c1-21(2)22(3,4)28-23(27-21)17-6-7-19-16(13-17)5-8-20(19)25-11-9-24(10-12-25)18-14-26-15-18/h6-7,13,18,20H,5,8-12,14-15H2,1-4H3. The van der Waals surface area contributed by atoms with Gasteiger partial charge in [-0.2, -0.15) is 0 Å². The molecular weight excluding hydrogens is 351 g/mol. The number of hydrogen-bond donors (Lipinski definition) is 0. The van der Waals surface area contributed by atoms with Gasteiger partial charge in [-0.25, -0.2) is 0 Å². The summed E-state index contributed by atoms with van der Waals surface area (Å²) in [5.74, 6) is 0. The Morgan fingerprint density at radius 1 is 0.929 bits per heavy atom. The molecule has 1 aliphatic carbocycles. The van der Waals surface area contributed by atoms with Gasteiger partial charge in [-0.15, -0.1) is 0 Å². The van der Waals surface area contributed by atoms with Crippen LogP contribution in [0, 0.1) is 0 Å². The highest BCUT2D eigenvalue weighted by Crippen LogP contribution is 2.39. The van der Waals surface area contributed by atoms with Crippen LogP contribution < -0.4 is 5.46 Å². The summed E-state index contributed by atoms with van der Waals surface area (Å²) in [4.78, 5) is 5.30. The van der Waals surface area contributed by atoms with Gasteiger partial charge in [0.25, 0.3) is 0 Å². The summed E-state index contributed by atoms with van der Waals surface area (Å²) in [5.41, 5.74) is 3.58. The van der Waals surface area contributed by atoms with E-state index < -0.39 is 0 Å². The molecule has 1 unspecified atom stereocenters. The maximum absolute atomic E-state index is 6.25. The summed E-state index contributed by atoms with van der Waals surface area (Å²) in [6.45, 7) is 15.0. The zero-order valence-electron chi connectivity index (χ0n) is 17.7. The summed E-state index contributed by atoms with van der Waals surface area (Å²) >= 11 is 0. The van der Waals surface area contributed by atoms with Crippen LogP contribution in [0.3, 0.4) is 0 Å². The summed E-state index contributed by atoms with van der Waals surface area (Å²) < 4.78 is 17.9. The van der Waals surface area contributed by atoms with E-state index in [1.54, 1.807) is 0 Å². The molecule has 3 aliphatic heterocycles. The summed E-state index contributed by atoms with van der Waals surface area (Å²) in [5, 5.41) is 0. The van der Waals surface area contributed by atoms with Crippen LogP contribution in [-0.2, 0) is 20.5 Å². The van der Waals surface area contributed by atoms with Gasteiger partial charge in [0.15, 0.2) is 0 Å². The normalized spacial score (nSPS) is 30.4. The van der Waals surface area contributed by atoms with Crippen LogP contribution in [0.4, 0.5) is 0 Å². The number of ether oxygens (including phenoxy) is 1. The molecule has 0 bridgehead atoms. The van der Waals surface area contributed by atoms with E-state index in [0.717, 1.165) is 25.1 Å². The predicted octanol–water partition coefficient (Wildman–Crippen LogP) is 1.99. The number of fused-ring (bicyclic) bond motifs is 1. The van der Waals surface area contributed by atoms with Gasteiger partial charge in [-0.1, -0.05) is 18.2 Å². The molecular formula is C22H33BN2O3. The fraction of sp³-hybridized carbons (Fsp3) is 0.727. The van der Waals surface area contributed by atoms with Crippen molar-refractivity contribution in [1.82, 2.24) is 9.80 Å². The van der Waals surface area contributed by atoms with Crippen LogP contribution in [0.25, 0.3) is 0 Å². The first kappa shape index (κ1) is 19.1. The second-order valence-corrected chi connectivity index (χ2v) is 9.86. The Morgan fingerprint density at radius 3 is 2.18 bits per heavy atom. The van der Waals surface area contributed by atoms with E-state index in [0.29, 0.717) is 12.1 Å². The highest BCUT2D eigenvalue weighted by molar-refractivity contribution is 6.62. The number of aryl methyl sites for hydroxylation is 1. The van der Waals surface area contributed by atoms with Crippen molar-refractivity contribution < 1.29 is 14.0 Å². The molecule has 0 N–H and O–H groups in total. The van der Waals surface area contributed by atoms with Gasteiger partial charge in [0.05, 0.1) is 30.5 Å². The Balaban J connectivity index is 1.27. The number of piperazine rings is 1. The Morgan fingerprint density at radius 2 is 1.57 bits per heavy atom. The van der Waals surface area contributed by atoms with Gasteiger partial charge in [0, 0.05) is 32.2 Å². The lowest BCUT2D eigenvalue weighted by Crippen LogP contribution is -2.56. The lowest BCUT2D eigenvalue weighted by Gasteiger charge is -2.44. The molecule has 6 heteroatoms. The molecule has 0 radical (unpaired) electrons. The quantitative estimate of drug-likeness (QED) is 0.745. The van der Waals surface area contributed by atoms with Crippen LogP contribution in [0.5, 0.6) is 0 Å². The molecule has 0 amide bonds. The van der Waals surface area contributed by atoms with Crippen LogP contribution in [0.15, 0.2) is 18.2 Å². The number of nitrogens with zero attached hydrogens (tertiary/aromatic N) is 2. The van der Waals surface area contributed by atoms with Crippen molar-refractivity contribution in [2.45, 2.75) is 63.8 Å². The highest BCUT2D eigenvalue weighted by atomic mass is 16.7. The molecule has 1 atom stereocenters. The second kappa shape index (κ2) is 6.81. The zero-order valence-corrected chi connectivity index (χ0v) is 17.7. The van der Waals surface area contributed by atoms with E-state index in [9.17, 15) is 0 Å². The summed E-state index contributed by atoms with van der Waals surface area (Å²) in [6, 6.07) is 8.13. The molecule has 0 aromatic heterocycles. The second-order valence-electron chi connectivity index (χ2n) is 9.86. The molecule has 152 valence electrons. The van der Waals surface area contributed by atoms with Gasteiger partial charge in [-0.05, 0) is 57.1 Å². The van der Waals surface area contributed by atoms with Gasteiger partial charge < -0.3 is 14.0 Å². The Hall–Kier alpha value is -0.915. The minimum atomic E-state index is -0.287. The van der Waals surface area contributed by atoms with Crippen LogP contribution in [-0.4, -0.2) is 73.6 Å². The molecule has 1 aromatic rings. The maximum Gasteiger partial charge on any atom is 0.494 e. The Bertz CT molecular complexity index is 725. The Kier molecular flexibility index (Phi) is 4.64. The molecule has 5 rings (SSSR count). The van der Waals surface area contributed by atoms with E-state index >= 15 is 0 Å². The van der Waals surface area contributed by atoms with E-state index in [1.807, 2.05) is 0 Å². The average Bonchev–Trinajstić information content (AvgIpc) is 3.11. The fourth-order valence-corrected chi connectivity index (χ4v) is 4.97. The minimum Gasteiger partial charge on any atom is -0.399 e. The van der Waals surface area contributed by atoms with Crippen molar-refractivity contribution in [3.63, 3.8) is 0 Å². The van der Waals surface area contributed by atoms with Crippen molar-refractivity contribution in [2.24, 2.45) is 0 Å². The van der Waals surface area contributed by atoms with Crippen LogP contribution >= 0.6 is 0 Å². The molecule has 1 aromatic carbocycles. The molecule has 28 heavy (non-hydrogen) atoms. The Labute approximate surface area is 169 Å². The first-order valence-electron chi connectivity index (χ1n) is 10.9. The van der Waals surface area contributed by atoms with Gasteiger partial charge in [-0.3, -0.25) is 9.80 Å². The van der Waals surface area contributed by atoms with Crippen LogP contribution in [0.1, 0.15) is 51.3 Å². The molecule has 0 spiro atoms. The van der Waals surface area contributed by atoms with Crippen molar-refractivity contribution in [3.8, 4) is 0 Å². The first-order valence-corrected chi connectivity index (χ1v) is 10.9. The van der Waals surface area contributed by atoms with Crippen LogP contribution in [0.2, 0.25) is 0 Å². The third-order valence-corrected chi connectivity index (χ3v) is 7.67. The van der Waals surface area contributed by atoms with Gasteiger partial charge in [0.1, 0.15) is 0 Å². The SMILES string of the molecule is CC1(C)OB(c2ccc3c(c2)CCC3N2CCN(C3COC3)CC2)OC1(C)C. The smallest absolute Gasteiger partial charge is 0.399 e. The van der Waals surface area contributed by atoms with E-state index in [2.05, 4.69) is 55.7 Å². The molecule has 3 fully saturated rings. The third-order valence-electron chi connectivity index (χ3n) is 7.67. The largest absolute Gasteiger partial charge is 0.494 e. The number of benzene rings is 1. The lowest BCUT2D eigenvalue weighted by atomic mass is 9.78. The molecule has 0 saturated carbocycles. The fourth-order valence-electron chi connectivity index (χ4n) is 4.97. The van der Waals surface area contributed by atoms with E-state index in [1.165, 1.54) is 43.7 Å². The third kappa shape index (κ3) is 3.14.